The molecule has 0 aliphatic carbocycles. The van der Waals surface area contributed by atoms with Crippen LogP contribution in [-0.2, 0) is 9.47 Å². The summed E-state index contributed by atoms with van der Waals surface area (Å²) in [6.07, 6.45) is 27.0. The van der Waals surface area contributed by atoms with E-state index in [1.807, 2.05) is 0 Å². The number of hydrogen-bond donors (Lipinski definition) is 2. The van der Waals surface area contributed by atoms with E-state index < -0.39 is 12.2 Å². The number of rotatable bonds is 32. The molecule has 0 radical (unpaired) electrons. The van der Waals surface area contributed by atoms with Crippen LogP contribution in [0.25, 0.3) is 0 Å². The van der Waals surface area contributed by atoms with Crippen molar-refractivity contribution in [3.05, 3.63) is 24.3 Å². The lowest BCUT2D eigenvalue weighted by molar-refractivity contribution is 0.157. The van der Waals surface area contributed by atoms with Crippen molar-refractivity contribution >= 4 is 23.6 Å². The Bertz CT molecular complexity index is 832. The molecule has 1 rings (SSSR count). The van der Waals surface area contributed by atoms with Crippen LogP contribution in [-0.4, -0.2) is 75.5 Å². The number of carbonyl (C=O) groups is 2. The fourth-order valence-electron chi connectivity index (χ4n) is 5.89. The van der Waals surface area contributed by atoms with Crippen molar-refractivity contribution in [3.8, 4) is 0 Å². The van der Waals surface area contributed by atoms with Gasteiger partial charge in [-0.25, -0.2) is 9.59 Å². The minimum atomic E-state index is -0.486. The second-order valence-electron chi connectivity index (χ2n) is 13.8. The van der Waals surface area contributed by atoms with Gasteiger partial charge in [0.1, 0.15) is 0 Å². The third-order valence-electron chi connectivity index (χ3n) is 8.98. The number of benzene rings is 1. The lowest BCUT2D eigenvalue weighted by Crippen LogP contribution is -2.21. The second kappa shape index (κ2) is 31.9. The van der Waals surface area contributed by atoms with Crippen LogP contribution in [0.2, 0.25) is 0 Å². The number of nitrogens with one attached hydrogen (secondary N) is 2. The molecule has 0 bridgehead atoms. The van der Waals surface area contributed by atoms with Gasteiger partial charge in [-0.05, 0) is 97.0 Å². The number of amides is 2. The van der Waals surface area contributed by atoms with E-state index in [0.717, 1.165) is 51.9 Å². The molecule has 0 aliphatic rings. The minimum absolute atomic E-state index is 0.386. The molecule has 0 spiro atoms. The van der Waals surface area contributed by atoms with Gasteiger partial charge in [-0.2, -0.15) is 0 Å². The maximum atomic E-state index is 12.3. The lowest BCUT2D eigenvalue weighted by Gasteiger charge is -2.16. The summed E-state index contributed by atoms with van der Waals surface area (Å²) in [5.74, 6) is 0. The highest BCUT2D eigenvalue weighted by molar-refractivity contribution is 5.88. The van der Waals surface area contributed by atoms with E-state index >= 15 is 0 Å². The standard InChI is InChI=1S/C40H74N4O4/c1-5-7-9-11-13-15-17-19-21-30-43(3)32-23-25-34-47-39(45)41-37-28-27-29-38(36-37)42-40(46)48-35-26-24-33-44(4)31-22-20-18-16-14-12-10-8-6-2/h27-29,36H,5-26,30-35H2,1-4H3,(H,41,45)(H,42,46). The van der Waals surface area contributed by atoms with Crippen LogP contribution < -0.4 is 10.6 Å². The zero-order chi connectivity index (χ0) is 34.9. The van der Waals surface area contributed by atoms with Crippen molar-refractivity contribution in [1.82, 2.24) is 9.80 Å². The van der Waals surface area contributed by atoms with Crippen LogP contribution in [0, 0.1) is 0 Å². The van der Waals surface area contributed by atoms with E-state index in [1.165, 1.54) is 116 Å². The van der Waals surface area contributed by atoms with Crippen molar-refractivity contribution < 1.29 is 19.1 Å². The number of nitrogens with zero attached hydrogens (tertiary/aromatic N) is 2. The van der Waals surface area contributed by atoms with Gasteiger partial charge in [0.25, 0.3) is 0 Å². The Morgan fingerprint density at radius 1 is 0.500 bits per heavy atom. The monoisotopic (exact) mass is 675 g/mol. The Morgan fingerprint density at radius 2 is 0.812 bits per heavy atom. The maximum Gasteiger partial charge on any atom is 0.411 e. The van der Waals surface area contributed by atoms with Gasteiger partial charge in [0.05, 0.1) is 13.2 Å². The van der Waals surface area contributed by atoms with E-state index in [-0.39, 0.29) is 0 Å². The molecule has 0 fully saturated rings. The number of unbranched alkanes of at least 4 members (excludes halogenated alkanes) is 18. The smallest absolute Gasteiger partial charge is 0.411 e. The molecule has 8 nitrogen and oxygen atoms in total. The molecule has 48 heavy (non-hydrogen) atoms. The fraction of sp³-hybridized carbons (Fsp3) is 0.800. The largest absolute Gasteiger partial charge is 0.449 e. The first kappa shape index (κ1) is 43.7. The number of carbonyl (C=O) groups excluding carboxylic acids is 2. The lowest BCUT2D eigenvalue weighted by atomic mass is 10.1. The van der Waals surface area contributed by atoms with Crippen LogP contribution in [0.1, 0.15) is 155 Å². The summed E-state index contributed by atoms with van der Waals surface area (Å²) in [5.41, 5.74) is 1.13. The highest BCUT2D eigenvalue weighted by Gasteiger charge is 2.08. The van der Waals surface area contributed by atoms with Crippen molar-refractivity contribution in [2.45, 2.75) is 155 Å². The molecule has 2 N–H and O–H groups in total. The number of anilines is 2. The fourth-order valence-corrected chi connectivity index (χ4v) is 5.89. The van der Waals surface area contributed by atoms with Crippen molar-refractivity contribution in [3.63, 3.8) is 0 Å². The predicted molar refractivity (Wildman–Crippen MR) is 204 cm³/mol. The van der Waals surface area contributed by atoms with Crippen LogP contribution in [0.15, 0.2) is 24.3 Å². The summed E-state index contributed by atoms with van der Waals surface area (Å²) in [7, 11) is 4.35. The highest BCUT2D eigenvalue weighted by Crippen LogP contribution is 2.16. The van der Waals surface area contributed by atoms with Crippen LogP contribution >= 0.6 is 0 Å². The summed E-state index contributed by atoms with van der Waals surface area (Å²) in [5, 5.41) is 5.50. The highest BCUT2D eigenvalue weighted by atomic mass is 16.6. The van der Waals surface area contributed by atoms with Crippen LogP contribution in [0.3, 0.4) is 0 Å². The third-order valence-corrected chi connectivity index (χ3v) is 8.98. The molecule has 0 saturated heterocycles. The molecule has 0 unspecified atom stereocenters. The third kappa shape index (κ3) is 27.6. The van der Waals surface area contributed by atoms with Crippen molar-refractivity contribution in [1.29, 1.82) is 0 Å². The summed E-state index contributed by atoms with van der Waals surface area (Å²) in [4.78, 5) is 29.3. The Balaban J connectivity index is 2.05. The van der Waals surface area contributed by atoms with Gasteiger partial charge < -0.3 is 19.3 Å². The molecular weight excluding hydrogens is 600 g/mol. The van der Waals surface area contributed by atoms with E-state index in [2.05, 4.69) is 48.4 Å². The predicted octanol–water partition coefficient (Wildman–Crippen LogP) is 11.3. The quantitative estimate of drug-likeness (QED) is 0.0740. The van der Waals surface area contributed by atoms with Gasteiger partial charge in [0.15, 0.2) is 0 Å². The summed E-state index contributed by atoms with van der Waals surface area (Å²) >= 11 is 0. The molecule has 0 atom stereocenters. The molecule has 0 aromatic heterocycles. The van der Waals surface area contributed by atoms with Gasteiger partial charge in [-0.1, -0.05) is 123 Å². The van der Waals surface area contributed by atoms with E-state index in [1.54, 1.807) is 24.3 Å². The van der Waals surface area contributed by atoms with E-state index in [4.69, 9.17) is 9.47 Å². The first-order valence-corrected chi connectivity index (χ1v) is 19.8. The molecular formula is C40H74N4O4. The Kier molecular flexibility index (Phi) is 29.1. The van der Waals surface area contributed by atoms with Gasteiger partial charge in [-0.15, -0.1) is 0 Å². The van der Waals surface area contributed by atoms with E-state index in [0.29, 0.717) is 24.6 Å². The zero-order valence-electron chi connectivity index (χ0n) is 31.6. The number of ether oxygens (including phenoxy) is 2. The average Bonchev–Trinajstić information content (AvgIpc) is 3.06. The molecule has 0 saturated carbocycles. The normalized spacial score (nSPS) is 11.3. The number of hydrogen-bond acceptors (Lipinski definition) is 6. The second-order valence-corrected chi connectivity index (χ2v) is 13.8. The SMILES string of the molecule is CCCCCCCCCCCN(C)CCCCOC(=O)Nc1cccc(NC(=O)OCCCCN(C)CCCCCCCCCCC)c1. The Hall–Kier alpha value is -2.32. The topological polar surface area (TPSA) is 83.1 Å². The van der Waals surface area contributed by atoms with Crippen LogP contribution in [0.5, 0.6) is 0 Å². The van der Waals surface area contributed by atoms with E-state index in [9.17, 15) is 9.59 Å². The minimum Gasteiger partial charge on any atom is -0.449 e. The Morgan fingerprint density at radius 3 is 1.17 bits per heavy atom. The first-order chi connectivity index (χ1) is 23.4. The van der Waals surface area contributed by atoms with Gasteiger partial charge >= 0.3 is 12.2 Å². The van der Waals surface area contributed by atoms with Crippen molar-refractivity contribution in [2.75, 3.05) is 64.1 Å². The maximum absolute atomic E-state index is 12.3. The molecule has 1 aromatic carbocycles. The van der Waals surface area contributed by atoms with Crippen molar-refractivity contribution in [2.24, 2.45) is 0 Å². The molecule has 278 valence electrons. The molecule has 2 amide bonds. The van der Waals surface area contributed by atoms with Gasteiger partial charge in [-0.3, -0.25) is 10.6 Å². The first-order valence-electron chi connectivity index (χ1n) is 19.8. The summed E-state index contributed by atoms with van der Waals surface area (Å²) < 4.78 is 10.7. The zero-order valence-corrected chi connectivity index (χ0v) is 31.6. The Labute approximate surface area is 295 Å². The molecule has 0 aliphatic heterocycles. The molecule has 0 heterocycles. The summed E-state index contributed by atoms with van der Waals surface area (Å²) in [6, 6.07) is 7.01. The molecule has 8 heteroatoms. The van der Waals surface area contributed by atoms with Gasteiger partial charge in [0.2, 0.25) is 0 Å². The van der Waals surface area contributed by atoms with Gasteiger partial charge in [0, 0.05) is 11.4 Å². The molecule has 1 aromatic rings. The summed E-state index contributed by atoms with van der Waals surface area (Å²) in [6.45, 7) is 9.60. The average molecular weight is 675 g/mol. The van der Waals surface area contributed by atoms with Crippen LogP contribution in [0.4, 0.5) is 21.0 Å².